The average Bonchev–Trinajstić information content (AvgIpc) is 3.44. The summed E-state index contributed by atoms with van der Waals surface area (Å²) < 4.78 is 4.70. The molecule has 0 spiro atoms. The van der Waals surface area contributed by atoms with E-state index in [-0.39, 0.29) is 23.8 Å². The summed E-state index contributed by atoms with van der Waals surface area (Å²) in [5, 5.41) is 10.5. The van der Waals surface area contributed by atoms with E-state index in [0.29, 0.717) is 30.7 Å². The monoisotopic (exact) mass is 461 g/mol. The topological polar surface area (TPSA) is 66.8 Å². The van der Waals surface area contributed by atoms with Gasteiger partial charge in [-0.3, -0.25) is 4.79 Å². The number of carbonyl (C=O) groups excluding carboxylic acids is 2. The maximum atomic E-state index is 12.3. The van der Waals surface area contributed by atoms with Crippen LogP contribution in [0.2, 0.25) is 0 Å². The predicted molar refractivity (Wildman–Crippen MR) is 130 cm³/mol. The van der Waals surface area contributed by atoms with Gasteiger partial charge in [0, 0.05) is 18.4 Å². The highest BCUT2D eigenvalue weighted by Gasteiger charge is 2.28. The number of benzene rings is 1. The van der Waals surface area contributed by atoms with Crippen LogP contribution in [-0.2, 0) is 9.53 Å². The Bertz CT molecular complexity index is 1110. The molecule has 1 aromatic carbocycles. The predicted octanol–water partition coefficient (Wildman–Crippen LogP) is 3.87. The molecular formula is C27H27NO4S. The summed E-state index contributed by atoms with van der Waals surface area (Å²) in [6.45, 7) is 2.26. The third-order valence-corrected chi connectivity index (χ3v) is 6.35. The number of carbonyl (C=O) groups is 2. The zero-order valence-electron chi connectivity index (χ0n) is 18.8. The van der Waals surface area contributed by atoms with Crippen molar-refractivity contribution in [2.45, 2.75) is 38.3 Å². The molecule has 1 aromatic heterocycles. The third kappa shape index (κ3) is 7.08. The highest BCUT2D eigenvalue weighted by Crippen LogP contribution is 2.21. The summed E-state index contributed by atoms with van der Waals surface area (Å²) in [4.78, 5) is 26.8. The van der Waals surface area contributed by atoms with E-state index < -0.39 is 6.10 Å². The van der Waals surface area contributed by atoms with Crippen LogP contribution < -0.4 is 0 Å². The largest absolute Gasteiger partial charge is 0.465 e. The number of thiophene rings is 1. The van der Waals surface area contributed by atoms with Gasteiger partial charge in [-0.2, -0.15) is 0 Å². The number of aliphatic hydroxyl groups excluding tert-OH is 1. The van der Waals surface area contributed by atoms with Gasteiger partial charge in [0.2, 0.25) is 5.91 Å². The van der Waals surface area contributed by atoms with Crippen molar-refractivity contribution >= 4 is 23.2 Å². The number of aliphatic hydroxyl groups is 1. The van der Waals surface area contributed by atoms with E-state index in [4.69, 9.17) is 4.74 Å². The second kappa shape index (κ2) is 12.1. The van der Waals surface area contributed by atoms with E-state index >= 15 is 0 Å². The van der Waals surface area contributed by atoms with Crippen molar-refractivity contribution in [1.82, 2.24) is 4.90 Å². The molecule has 1 aliphatic heterocycles. The molecule has 1 unspecified atom stereocenters. The molecule has 3 rings (SSSR count). The molecule has 1 saturated heterocycles. The molecule has 2 heterocycles. The molecule has 1 aliphatic rings. The number of hydrogen-bond acceptors (Lipinski definition) is 5. The lowest BCUT2D eigenvalue weighted by molar-refractivity contribution is -0.127. The number of amides is 1. The van der Waals surface area contributed by atoms with Gasteiger partial charge in [0.05, 0.1) is 30.7 Å². The maximum absolute atomic E-state index is 12.3. The minimum Gasteiger partial charge on any atom is -0.465 e. The van der Waals surface area contributed by atoms with E-state index in [1.165, 1.54) is 18.4 Å². The number of nitrogens with zero attached hydrogens (tertiary/aromatic N) is 1. The number of ether oxygens (including phenoxy) is 1. The summed E-state index contributed by atoms with van der Waals surface area (Å²) in [5.74, 6) is 11.9. The van der Waals surface area contributed by atoms with Crippen LogP contribution in [0.25, 0.3) is 0 Å². The van der Waals surface area contributed by atoms with Gasteiger partial charge < -0.3 is 14.7 Å². The average molecular weight is 462 g/mol. The van der Waals surface area contributed by atoms with Crippen molar-refractivity contribution in [2.75, 3.05) is 13.7 Å². The first-order chi connectivity index (χ1) is 16.0. The second-order valence-corrected chi connectivity index (χ2v) is 8.89. The van der Waals surface area contributed by atoms with Crippen LogP contribution in [0.3, 0.4) is 0 Å². The zero-order chi connectivity index (χ0) is 23.6. The standard InChI is InChI=1S/C27H27NO4S/c1-20(8-6-11-21-9-4-3-5-10-21)24(29)16-13-22-14-18-26(30)28(22)19-7-12-23-15-17-25(33-23)27(31)32-2/h3-5,9-10,13,15-17,20,22,24,29H,8,14,18-19H2,1-2H3/b16-13+/t20?,22-,24+/m0/s1. The Kier molecular flexibility index (Phi) is 8.89. The number of methoxy groups -OCH3 is 1. The van der Waals surface area contributed by atoms with Gasteiger partial charge in [0.1, 0.15) is 4.88 Å². The Morgan fingerprint density at radius 3 is 2.79 bits per heavy atom. The van der Waals surface area contributed by atoms with Gasteiger partial charge >= 0.3 is 5.97 Å². The van der Waals surface area contributed by atoms with Crippen LogP contribution in [-0.4, -0.2) is 47.7 Å². The van der Waals surface area contributed by atoms with Crippen molar-refractivity contribution in [2.24, 2.45) is 5.92 Å². The Morgan fingerprint density at radius 1 is 1.24 bits per heavy atom. The van der Waals surface area contributed by atoms with Gasteiger partial charge in [-0.05, 0) is 36.6 Å². The summed E-state index contributed by atoms with van der Waals surface area (Å²) in [6, 6.07) is 13.1. The lowest BCUT2D eigenvalue weighted by Crippen LogP contribution is -2.32. The van der Waals surface area contributed by atoms with Crippen LogP contribution in [0, 0.1) is 29.6 Å². The molecule has 0 saturated carbocycles. The van der Waals surface area contributed by atoms with E-state index in [2.05, 4.69) is 23.7 Å². The minimum absolute atomic E-state index is 0.0226. The van der Waals surface area contributed by atoms with E-state index in [9.17, 15) is 14.7 Å². The van der Waals surface area contributed by atoms with Gasteiger partial charge in [-0.1, -0.05) is 61.0 Å². The highest BCUT2D eigenvalue weighted by molar-refractivity contribution is 7.14. The molecule has 2 aromatic rings. The van der Waals surface area contributed by atoms with E-state index in [1.54, 1.807) is 23.1 Å². The Hall–Kier alpha value is -3.32. The number of likely N-dealkylation sites (tertiary alicyclic amines) is 1. The highest BCUT2D eigenvalue weighted by atomic mass is 32.1. The Labute approximate surface area is 199 Å². The molecule has 6 heteroatoms. The summed E-state index contributed by atoms with van der Waals surface area (Å²) in [5.41, 5.74) is 0.958. The fourth-order valence-corrected chi connectivity index (χ4v) is 4.18. The van der Waals surface area contributed by atoms with Crippen LogP contribution in [0.1, 0.15) is 46.3 Å². The summed E-state index contributed by atoms with van der Waals surface area (Å²) in [6.07, 6.45) is 4.78. The fourth-order valence-electron chi connectivity index (χ4n) is 3.38. The minimum atomic E-state index is -0.637. The molecule has 1 fully saturated rings. The number of esters is 1. The van der Waals surface area contributed by atoms with E-state index in [1.807, 2.05) is 43.3 Å². The SMILES string of the molecule is COC(=O)c1ccc(C#CCN2C(=O)CC[C@@H]2/C=C/[C@@H](O)C(C)CC#Cc2ccccc2)s1. The molecule has 170 valence electrons. The van der Waals surface area contributed by atoms with Gasteiger partial charge in [-0.25, -0.2) is 4.79 Å². The van der Waals surface area contributed by atoms with Crippen LogP contribution in [0.5, 0.6) is 0 Å². The lowest BCUT2D eigenvalue weighted by Gasteiger charge is -2.20. The maximum Gasteiger partial charge on any atom is 0.348 e. The van der Waals surface area contributed by atoms with Crippen LogP contribution >= 0.6 is 11.3 Å². The normalized spacial score (nSPS) is 17.1. The van der Waals surface area contributed by atoms with E-state index in [0.717, 1.165) is 10.4 Å². The lowest BCUT2D eigenvalue weighted by atomic mass is 9.99. The molecule has 0 bridgehead atoms. The smallest absolute Gasteiger partial charge is 0.348 e. The molecule has 0 radical (unpaired) electrons. The van der Waals surface area contributed by atoms with Crippen LogP contribution in [0.15, 0.2) is 54.6 Å². The van der Waals surface area contributed by atoms with Crippen molar-refractivity contribution in [3.05, 3.63) is 69.9 Å². The second-order valence-electron chi connectivity index (χ2n) is 7.81. The van der Waals surface area contributed by atoms with Gasteiger partial charge in [-0.15, -0.1) is 11.3 Å². The van der Waals surface area contributed by atoms with Gasteiger partial charge in [0.15, 0.2) is 0 Å². The van der Waals surface area contributed by atoms with Crippen molar-refractivity contribution < 1.29 is 19.4 Å². The molecule has 1 amide bonds. The molecule has 1 N–H and O–H groups in total. The molecule has 0 aliphatic carbocycles. The number of rotatable bonds is 6. The first-order valence-corrected chi connectivity index (χ1v) is 11.7. The van der Waals surface area contributed by atoms with Gasteiger partial charge in [0.25, 0.3) is 0 Å². The molecule has 3 atom stereocenters. The summed E-state index contributed by atoms with van der Waals surface area (Å²) >= 11 is 1.26. The van der Waals surface area contributed by atoms with Crippen molar-refractivity contribution in [3.63, 3.8) is 0 Å². The fraction of sp³-hybridized carbons (Fsp3) is 0.333. The Balaban J connectivity index is 1.54. The Morgan fingerprint density at radius 2 is 2.03 bits per heavy atom. The zero-order valence-corrected chi connectivity index (χ0v) is 19.6. The molecular weight excluding hydrogens is 434 g/mol. The first kappa shape index (κ1) is 24.3. The molecule has 5 nitrogen and oxygen atoms in total. The number of hydrogen-bond donors (Lipinski definition) is 1. The third-order valence-electron chi connectivity index (χ3n) is 5.37. The van der Waals surface area contributed by atoms with Crippen molar-refractivity contribution in [3.8, 4) is 23.7 Å². The van der Waals surface area contributed by atoms with Crippen molar-refractivity contribution in [1.29, 1.82) is 0 Å². The summed E-state index contributed by atoms with van der Waals surface area (Å²) in [7, 11) is 1.34. The molecule has 33 heavy (non-hydrogen) atoms. The van der Waals surface area contributed by atoms with Crippen LogP contribution in [0.4, 0.5) is 0 Å². The quantitative estimate of drug-likeness (QED) is 0.403. The first-order valence-electron chi connectivity index (χ1n) is 10.8.